The predicted octanol–water partition coefficient (Wildman–Crippen LogP) is 3.09. The predicted molar refractivity (Wildman–Crippen MR) is 71.9 cm³/mol. The van der Waals surface area contributed by atoms with Crippen LogP contribution in [0.4, 0.5) is 0 Å². The number of hydrogen-bond acceptors (Lipinski definition) is 4. The summed E-state index contributed by atoms with van der Waals surface area (Å²) in [6, 6.07) is 6.01. The molecule has 0 bridgehead atoms. The van der Waals surface area contributed by atoms with Crippen LogP contribution in [0.25, 0.3) is 10.7 Å². The maximum absolute atomic E-state index is 4.56. The van der Waals surface area contributed by atoms with Crippen LogP contribution in [0.15, 0.2) is 29.8 Å². The number of aromatic nitrogens is 2. The van der Waals surface area contributed by atoms with E-state index in [9.17, 15) is 0 Å². The van der Waals surface area contributed by atoms with E-state index in [1.54, 1.807) is 11.3 Å². The number of rotatable bonds is 3. The maximum atomic E-state index is 4.56. The molecule has 0 amide bonds. The van der Waals surface area contributed by atoms with E-state index in [0.717, 1.165) is 22.9 Å². The van der Waals surface area contributed by atoms with Crippen molar-refractivity contribution in [3.8, 4) is 10.7 Å². The van der Waals surface area contributed by atoms with Crippen molar-refractivity contribution in [1.82, 2.24) is 15.3 Å². The van der Waals surface area contributed by atoms with E-state index in [1.807, 2.05) is 29.8 Å². The van der Waals surface area contributed by atoms with Gasteiger partial charge in [-0.1, -0.05) is 6.07 Å². The fraction of sp³-hybridized carbons (Fsp3) is 0.385. The zero-order valence-corrected chi connectivity index (χ0v) is 11.2. The smallest absolute Gasteiger partial charge is 0.169 e. The van der Waals surface area contributed by atoms with Gasteiger partial charge >= 0.3 is 0 Å². The van der Waals surface area contributed by atoms with Gasteiger partial charge in [-0.25, -0.2) is 9.97 Å². The minimum atomic E-state index is 0.105. The van der Waals surface area contributed by atoms with Crippen LogP contribution in [0.1, 0.15) is 26.5 Å². The van der Waals surface area contributed by atoms with E-state index in [2.05, 4.69) is 36.1 Å². The van der Waals surface area contributed by atoms with Gasteiger partial charge in [0, 0.05) is 18.3 Å². The van der Waals surface area contributed by atoms with Gasteiger partial charge in [0.25, 0.3) is 0 Å². The monoisotopic (exact) mass is 247 g/mol. The van der Waals surface area contributed by atoms with E-state index in [0.29, 0.717) is 0 Å². The first-order chi connectivity index (χ1) is 8.04. The second-order valence-electron chi connectivity index (χ2n) is 4.95. The minimum Gasteiger partial charge on any atom is -0.306 e. The lowest BCUT2D eigenvalue weighted by Crippen LogP contribution is -2.35. The summed E-state index contributed by atoms with van der Waals surface area (Å²) in [5.41, 5.74) is 1.13. The highest BCUT2D eigenvalue weighted by molar-refractivity contribution is 7.13. The Hall–Kier alpha value is -1.26. The molecule has 2 aromatic rings. The molecule has 2 aromatic heterocycles. The molecular weight excluding hydrogens is 230 g/mol. The van der Waals surface area contributed by atoms with Crippen molar-refractivity contribution in [3.05, 3.63) is 35.5 Å². The lowest BCUT2D eigenvalue weighted by Gasteiger charge is -2.20. The molecule has 17 heavy (non-hydrogen) atoms. The van der Waals surface area contributed by atoms with Crippen molar-refractivity contribution in [2.24, 2.45) is 0 Å². The van der Waals surface area contributed by atoms with E-state index >= 15 is 0 Å². The standard InChI is InChI=1S/C13H17N3S/c1-13(2,3)15-9-10-6-7-14-12(16-10)11-5-4-8-17-11/h4-8,15H,9H2,1-3H3. The van der Waals surface area contributed by atoms with Gasteiger partial charge in [-0.15, -0.1) is 11.3 Å². The Balaban J connectivity index is 2.12. The molecule has 0 aliphatic heterocycles. The summed E-state index contributed by atoms with van der Waals surface area (Å²) in [5.74, 6) is 0.813. The van der Waals surface area contributed by atoms with Crippen molar-refractivity contribution in [2.45, 2.75) is 32.9 Å². The highest BCUT2D eigenvalue weighted by Crippen LogP contribution is 2.20. The van der Waals surface area contributed by atoms with Crippen LogP contribution in [0.5, 0.6) is 0 Å². The molecule has 1 N–H and O–H groups in total. The Morgan fingerprint density at radius 1 is 1.29 bits per heavy atom. The van der Waals surface area contributed by atoms with Crippen molar-refractivity contribution < 1.29 is 0 Å². The largest absolute Gasteiger partial charge is 0.306 e. The van der Waals surface area contributed by atoms with Crippen molar-refractivity contribution in [2.75, 3.05) is 0 Å². The molecule has 0 spiro atoms. The molecule has 0 aliphatic carbocycles. The third-order valence-corrected chi connectivity index (χ3v) is 3.12. The summed E-state index contributed by atoms with van der Waals surface area (Å²) in [4.78, 5) is 9.97. The molecule has 4 heteroatoms. The van der Waals surface area contributed by atoms with Crippen LogP contribution < -0.4 is 5.32 Å². The Kier molecular flexibility index (Phi) is 3.54. The highest BCUT2D eigenvalue weighted by atomic mass is 32.1. The zero-order chi connectivity index (χ0) is 12.3. The van der Waals surface area contributed by atoms with Crippen molar-refractivity contribution in [3.63, 3.8) is 0 Å². The second kappa shape index (κ2) is 4.94. The van der Waals surface area contributed by atoms with E-state index in [4.69, 9.17) is 0 Å². The Morgan fingerprint density at radius 3 is 2.76 bits per heavy atom. The highest BCUT2D eigenvalue weighted by Gasteiger charge is 2.09. The molecule has 0 radical (unpaired) electrons. The Bertz CT molecular complexity index is 472. The average Bonchev–Trinajstić information content (AvgIpc) is 2.79. The van der Waals surface area contributed by atoms with E-state index in [-0.39, 0.29) is 5.54 Å². The molecule has 90 valence electrons. The van der Waals surface area contributed by atoms with Gasteiger partial charge in [-0.2, -0.15) is 0 Å². The fourth-order valence-electron chi connectivity index (χ4n) is 1.37. The van der Waals surface area contributed by atoms with Crippen LogP contribution >= 0.6 is 11.3 Å². The van der Waals surface area contributed by atoms with Gasteiger partial charge in [0.05, 0.1) is 10.6 Å². The maximum Gasteiger partial charge on any atom is 0.169 e. The third kappa shape index (κ3) is 3.61. The van der Waals surface area contributed by atoms with Gasteiger partial charge in [0.1, 0.15) is 0 Å². The fourth-order valence-corrected chi connectivity index (χ4v) is 2.04. The lowest BCUT2D eigenvalue weighted by atomic mass is 10.1. The molecule has 2 rings (SSSR count). The zero-order valence-electron chi connectivity index (χ0n) is 10.4. The molecule has 0 saturated carbocycles. The summed E-state index contributed by atoms with van der Waals surface area (Å²) < 4.78 is 0. The third-order valence-electron chi connectivity index (χ3n) is 2.25. The number of nitrogens with zero attached hydrogens (tertiary/aromatic N) is 2. The van der Waals surface area contributed by atoms with Gasteiger partial charge in [-0.05, 0) is 38.3 Å². The molecule has 0 atom stereocenters. The lowest BCUT2D eigenvalue weighted by molar-refractivity contribution is 0.421. The first-order valence-electron chi connectivity index (χ1n) is 5.65. The SMILES string of the molecule is CC(C)(C)NCc1ccnc(-c2cccs2)n1. The van der Waals surface area contributed by atoms with Crippen LogP contribution in [-0.4, -0.2) is 15.5 Å². The molecule has 2 heterocycles. The molecule has 0 unspecified atom stereocenters. The van der Waals surface area contributed by atoms with Gasteiger partial charge in [0.2, 0.25) is 0 Å². The first-order valence-corrected chi connectivity index (χ1v) is 6.53. The molecule has 3 nitrogen and oxygen atoms in total. The summed E-state index contributed by atoms with van der Waals surface area (Å²) in [5, 5.41) is 5.46. The van der Waals surface area contributed by atoms with Gasteiger partial charge in [-0.3, -0.25) is 0 Å². The summed E-state index contributed by atoms with van der Waals surface area (Å²) in [6.45, 7) is 7.21. The van der Waals surface area contributed by atoms with Crippen LogP contribution in [-0.2, 0) is 6.54 Å². The number of nitrogens with one attached hydrogen (secondary N) is 1. The van der Waals surface area contributed by atoms with Crippen LogP contribution in [0, 0.1) is 0 Å². The van der Waals surface area contributed by atoms with Crippen LogP contribution in [0.2, 0.25) is 0 Å². The first kappa shape index (κ1) is 12.2. The van der Waals surface area contributed by atoms with E-state index < -0.39 is 0 Å². The summed E-state index contributed by atoms with van der Waals surface area (Å²) >= 11 is 1.66. The number of thiophene rings is 1. The molecule has 0 saturated heterocycles. The molecule has 0 aliphatic rings. The number of hydrogen-bond donors (Lipinski definition) is 1. The van der Waals surface area contributed by atoms with E-state index in [1.165, 1.54) is 0 Å². The molecule has 0 aromatic carbocycles. The Morgan fingerprint density at radius 2 is 2.12 bits per heavy atom. The van der Waals surface area contributed by atoms with Gasteiger partial charge in [0.15, 0.2) is 5.82 Å². The van der Waals surface area contributed by atoms with Crippen molar-refractivity contribution in [1.29, 1.82) is 0 Å². The average molecular weight is 247 g/mol. The van der Waals surface area contributed by atoms with Gasteiger partial charge < -0.3 is 5.32 Å². The van der Waals surface area contributed by atoms with Crippen molar-refractivity contribution >= 4 is 11.3 Å². The summed E-state index contributed by atoms with van der Waals surface area (Å²) in [7, 11) is 0. The topological polar surface area (TPSA) is 37.8 Å². The van der Waals surface area contributed by atoms with Crippen LogP contribution in [0.3, 0.4) is 0 Å². The summed E-state index contributed by atoms with van der Waals surface area (Å²) in [6.07, 6.45) is 1.82. The molecular formula is C13H17N3S. The second-order valence-corrected chi connectivity index (χ2v) is 5.90. The Labute approximate surface area is 106 Å². The quantitative estimate of drug-likeness (QED) is 0.905. The normalized spacial score (nSPS) is 11.7. The minimum absolute atomic E-state index is 0.105. The molecule has 0 fully saturated rings.